The van der Waals surface area contributed by atoms with E-state index in [1.807, 2.05) is 0 Å². The van der Waals surface area contributed by atoms with Crippen LogP contribution in [0.4, 0.5) is 18.9 Å². The maximum atomic E-state index is 12.5. The van der Waals surface area contributed by atoms with Crippen molar-refractivity contribution in [2.75, 3.05) is 5.32 Å². The lowest BCUT2D eigenvalue weighted by atomic mass is 10.1. The zero-order valence-electron chi connectivity index (χ0n) is 8.31. The van der Waals surface area contributed by atoms with Crippen molar-refractivity contribution >= 4 is 27.5 Å². The molecule has 0 heterocycles. The number of rotatable bonds is 2. The molecule has 0 unspecified atom stereocenters. The Morgan fingerprint density at radius 2 is 1.94 bits per heavy atom. The fraction of sp³-hybridized carbons (Fsp3) is 0.300. The monoisotopic (exact) mass is 295 g/mol. The Labute approximate surface area is 99.0 Å². The zero-order chi connectivity index (χ0) is 12.3. The molecule has 0 spiro atoms. The number of alkyl halides is 4. The third-order valence-corrected chi connectivity index (χ3v) is 2.27. The summed E-state index contributed by atoms with van der Waals surface area (Å²) in [5, 5.41) is 2.21. The molecular weight excluding hydrogens is 287 g/mol. The van der Waals surface area contributed by atoms with Gasteiger partial charge in [-0.3, -0.25) is 4.79 Å². The average molecular weight is 296 g/mol. The molecule has 1 amide bonds. The van der Waals surface area contributed by atoms with E-state index in [0.717, 1.165) is 6.07 Å². The van der Waals surface area contributed by atoms with Crippen molar-refractivity contribution in [3.05, 3.63) is 29.8 Å². The number of nitrogens with one attached hydrogen (secondary N) is 1. The van der Waals surface area contributed by atoms with Gasteiger partial charge in [-0.2, -0.15) is 13.2 Å². The smallest absolute Gasteiger partial charge is 0.325 e. The second-order valence-electron chi connectivity index (χ2n) is 3.15. The van der Waals surface area contributed by atoms with E-state index in [4.69, 9.17) is 0 Å². The number of anilines is 1. The van der Waals surface area contributed by atoms with Gasteiger partial charge in [0.05, 0.1) is 16.1 Å². The summed E-state index contributed by atoms with van der Waals surface area (Å²) >= 11 is 2.98. The molecule has 1 aromatic carbocycles. The summed E-state index contributed by atoms with van der Waals surface area (Å²) < 4.78 is 37.6. The van der Waals surface area contributed by atoms with E-state index < -0.39 is 22.5 Å². The average Bonchev–Trinajstić information content (AvgIpc) is 2.16. The van der Waals surface area contributed by atoms with E-state index in [1.165, 1.54) is 25.1 Å². The molecule has 0 saturated carbocycles. The Balaban J connectivity index is 3.01. The van der Waals surface area contributed by atoms with Crippen molar-refractivity contribution in [2.45, 2.75) is 17.9 Å². The molecule has 0 radical (unpaired) electrons. The quantitative estimate of drug-likeness (QED) is 0.832. The number of para-hydroxylation sites is 1. The summed E-state index contributed by atoms with van der Waals surface area (Å²) in [5.41, 5.74) is -1.08. The third-order valence-electron chi connectivity index (χ3n) is 1.85. The number of carbonyl (C=O) groups is 1. The summed E-state index contributed by atoms with van der Waals surface area (Å²) in [7, 11) is 0. The highest BCUT2D eigenvalue weighted by atomic mass is 79.9. The largest absolute Gasteiger partial charge is 0.418 e. The van der Waals surface area contributed by atoms with Gasteiger partial charge in [0.2, 0.25) is 5.91 Å². The van der Waals surface area contributed by atoms with Crippen LogP contribution in [0, 0.1) is 0 Å². The fourth-order valence-corrected chi connectivity index (χ4v) is 1.19. The number of hydrogen-bond acceptors (Lipinski definition) is 1. The lowest BCUT2D eigenvalue weighted by Gasteiger charge is -2.14. The topological polar surface area (TPSA) is 29.1 Å². The summed E-state index contributed by atoms with van der Waals surface area (Å²) in [5.74, 6) is -0.517. The molecule has 6 heteroatoms. The zero-order valence-corrected chi connectivity index (χ0v) is 9.89. The van der Waals surface area contributed by atoms with E-state index in [1.54, 1.807) is 0 Å². The van der Waals surface area contributed by atoms with Crippen LogP contribution in [0.25, 0.3) is 0 Å². The van der Waals surface area contributed by atoms with Crippen LogP contribution in [-0.2, 0) is 11.0 Å². The fourth-order valence-electron chi connectivity index (χ4n) is 1.07. The maximum Gasteiger partial charge on any atom is 0.418 e. The third kappa shape index (κ3) is 3.23. The summed E-state index contributed by atoms with van der Waals surface area (Å²) in [6, 6.07) is 4.85. The second-order valence-corrected chi connectivity index (χ2v) is 4.52. The van der Waals surface area contributed by atoms with Crippen LogP contribution >= 0.6 is 15.9 Å². The first kappa shape index (κ1) is 13.0. The van der Waals surface area contributed by atoms with Gasteiger partial charge in [0, 0.05) is 0 Å². The van der Waals surface area contributed by atoms with Gasteiger partial charge in [0.15, 0.2) is 0 Å². The minimum atomic E-state index is -4.47. The number of halogens is 4. The molecule has 2 nitrogen and oxygen atoms in total. The first-order valence-electron chi connectivity index (χ1n) is 4.43. The number of carbonyl (C=O) groups excluding carboxylic acids is 1. The van der Waals surface area contributed by atoms with Crippen molar-refractivity contribution in [2.24, 2.45) is 0 Å². The Bertz CT molecular complexity index is 390. The molecule has 0 bridgehead atoms. The maximum absolute atomic E-state index is 12.5. The predicted molar refractivity (Wildman–Crippen MR) is 58.5 cm³/mol. The minimum absolute atomic E-state index is 0.230. The van der Waals surface area contributed by atoms with Crippen LogP contribution < -0.4 is 5.32 Å². The van der Waals surface area contributed by atoms with Crippen molar-refractivity contribution < 1.29 is 18.0 Å². The van der Waals surface area contributed by atoms with Crippen LogP contribution in [0.3, 0.4) is 0 Å². The van der Waals surface area contributed by atoms with Crippen LogP contribution in [0.5, 0.6) is 0 Å². The van der Waals surface area contributed by atoms with Crippen LogP contribution in [-0.4, -0.2) is 10.7 Å². The molecule has 0 aliphatic carbocycles. The van der Waals surface area contributed by atoms with Crippen LogP contribution in [0.2, 0.25) is 0 Å². The Hall–Kier alpha value is -1.04. The van der Waals surface area contributed by atoms with Gasteiger partial charge in [-0.25, -0.2) is 0 Å². The molecule has 0 aliphatic rings. The lowest BCUT2D eigenvalue weighted by molar-refractivity contribution is -0.137. The van der Waals surface area contributed by atoms with E-state index in [0.29, 0.717) is 0 Å². The van der Waals surface area contributed by atoms with Gasteiger partial charge >= 0.3 is 6.18 Å². The van der Waals surface area contributed by atoms with E-state index in [-0.39, 0.29) is 5.69 Å². The summed E-state index contributed by atoms with van der Waals surface area (Å²) in [6.07, 6.45) is -4.47. The number of hydrogen-bond donors (Lipinski definition) is 1. The van der Waals surface area contributed by atoms with Gasteiger partial charge in [-0.05, 0) is 19.1 Å². The molecule has 0 saturated heterocycles. The Kier molecular flexibility index (Phi) is 3.96. The predicted octanol–water partition coefficient (Wildman–Crippen LogP) is 3.43. The highest BCUT2D eigenvalue weighted by molar-refractivity contribution is 9.10. The van der Waals surface area contributed by atoms with Crippen LogP contribution in [0.15, 0.2) is 24.3 Å². The van der Waals surface area contributed by atoms with Gasteiger partial charge < -0.3 is 5.32 Å². The van der Waals surface area contributed by atoms with Gasteiger partial charge in [-0.1, -0.05) is 28.1 Å². The summed E-state index contributed by atoms with van der Waals surface area (Å²) in [4.78, 5) is 10.7. The molecule has 16 heavy (non-hydrogen) atoms. The first-order chi connectivity index (χ1) is 7.32. The summed E-state index contributed by atoms with van der Waals surface area (Å²) in [6.45, 7) is 1.53. The molecule has 0 aliphatic heterocycles. The molecule has 1 N–H and O–H groups in total. The molecule has 0 fully saturated rings. The number of benzene rings is 1. The standard InChI is InChI=1S/C10H9BrF3NO/c1-6(11)9(16)15-8-5-3-2-4-7(8)10(12,13)14/h2-6H,1H3,(H,15,16)/t6-/m0/s1. The van der Waals surface area contributed by atoms with E-state index in [9.17, 15) is 18.0 Å². The lowest BCUT2D eigenvalue weighted by Crippen LogP contribution is -2.22. The molecular formula is C10H9BrF3NO. The number of amides is 1. The van der Waals surface area contributed by atoms with Crippen molar-refractivity contribution in [3.63, 3.8) is 0 Å². The van der Waals surface area contributed by atoms with Gasteiger partial charge in [0.25, 0.3) is 0 Å². The van der Waals surface area contributed by atoms with E-state index >= 15 is 0 Å². The van der Waals surface area contributed by atoms with Gasteiger partial charge in [-0.15, -0.1) is 0 Å². The van der Waals surface area contributed by atoms with Crippen molar-refractivity contribution in [1.29, 1.82) is 0 Å². The highest BCUT2D eigenvalue weighted by Gasteiger charge is 2.33. The normalized spacial score (nSPS) is 13.3. The molecule has 1 rings (SSSR count). The molecule has 88 valence electrons. The van der Waals surface area contributed by atoms with Crippen LogP contribution in [0.1, 0.15) is 12.5 Å². The second kappa shape index (κ2) is 4.86. The minimum Gasteiger partial charge on any atom is -0.325 e. The highest BCUT2D eigenvalue weighted by Crippen LogP contribution is 2.34. The molecule has 1 atom stereocenters. The molecule has 1 aromatic rings. The SMILES string of the molecule is C[C@H](Br)C(=O)Nc1ccccc1C(F)(F)F. The Morgan fingerprint density at radius 3 is 2.44 bits per heavy atom. The van der Waals surface area contributed by atoms with Crippen molar-refractivity contribution in [1.82, 2.24) is 0 Å². The molecule has 0 aromatic heterocycles. The Morgan fingerprint density at radius 1 is 1.38 bits per heavy atom. The first-order valence-corrected chi connectivity index (χ1v) is 5.35. The van der Waals surface area contributed by atoms with Crippen molar-refractivity contribution in [3.8, 4) is 0 Å². The van der Waals surface area contributed by atoms with Gasteiger partial charge in [0.1, 0.15) is 0 Å². The van der Waals surface area contributed by atoms with E-state index in [2.05, 4.69) is 21.2 Å².